The van der Waals surface area contributed by atoms with Crippen molar-refractivity contribution in [1.82, 2.24) is 10.4 Å². The summed E-state index contributed by atoms with van der Waals surface area (Å²) in [5.41, 5.74) is 3.13. The fourth-order valence-corrected chi connectivity index (χ4v) is 0.980. The zero-order chi connectivity index (χ0) is 7.11. The second kappa shape index (κ2) is 5.98. The van der Waals surface area contributed by atoms with Crippen molar-refractivity contribution >= 4 is 11.8 Å². The summed E-state index contributed by atoms with van der Waals surface area (Å²) in [6, 6.07) is 0. The van der Waals surface area contributed by atoms with Crippen LogP contribution in [-0.2, 0) is 0 Å². The van der Waals surface area contributed by atoms with Crippen LogP contribution in [0.1, 0.15) is 6.92 Å². The number of hydrazine groups is 1. The first-order chi connectivity index (χ1) is 4.35. The molecular formula is C6H14N2S. The van der Waals surface area contributed by atoms with Crippen molar-refractivity contribution in [2.24, 2.45) is 0 Å². The van der Waals surface area contributed by atoms with Crippen molar-refractivity contribution < 1.29 is 0 Å². The van der Waals surface area contributed by atoms with E-state index in [2.05, 4.69) is 25.2 Å². The van der Waals surface area contributed by atoms with Crippen molar-refractivity contribution in [1.29, 1.82) is 0 Å². The number of thioether (sulfide) groups is 1. The lowest BCUT2D eigenvalue weighted by molar-refractivity contribution is 0.326. The molecule has 3 heteroatoms. The van der Waals surface area contributed by atoms with Crippen molar-refractivity contribution in [3.63, 3.8) is 0 Å². The Morgan fingerprint density at radius 2 is 2.44 bits per heavy atom. The lowest BCUT2D eigenvalue weighted by atomic mass is 10.8. The standard InChI is InChI=1S/C6H14N2S/c1-4-7-8(5-2)6-9-3/h5,7H,2,4,6H2,1,3H3. The van der Waals surface area contributed by atoms with Gasteiger partial charge in [-0.1, -0.05) is 13.5 Å². The Labute approximate surface area is 61.3 Å². The minimum atomic E-state index is 0.951. The van der Waals surface area contributed by atoms with Crippen LogP contribution in [0.2, 0.25) is 0 Å². The molecule has 1 N–H and O–H groups in total. The Balaban J connectivity index is 3.29. The van der Waals surface area contributed by atoms with Gasteiger partial charge in [-0.05, 0) is 6.26 Å². The molecule has 0 atom stereocenters. The van der Waals surface area contributed by atoms with E-state index in [1.807, 2.05) is 5.01 Å². The van der Waals surface area contributed by atoms with Gasteiger partial charge in [-0.25, -0.2) is 5.43 Å². The van der Waals surface area contributed by atoms with Crippen LogP contribution in [0.15, 0.2) is 12.8 Å². The van der Waals surface area contributed by atoms with Crippen molar-refractivity contribution in [2.75, 3.05) is 18.7 Å². The molecule has 0 saturated heterocycles. The highest BCUT2D eigenvalue weighted by Gasteiger charge is 1.90. The van der Waals surface area contributed by atoms with E-state index in [4.69, 9.17) is 0 Å². The second-order valence-electron chi connectivity index (χ2n) is 1.58. The SMILES string of the molecule is C=CN(CSC)NCC. The molecule has 0 saturated carbocycles. The zero-order valence-electron chi connectivity index (χ0n) is 6.05. The average molecular weight is 146 g/mol. The van der Waals surface area contributed by atoms with Gasteiger partial charge in [-0.15, -0.1) is 11.8 Å². The summed E-state index contributed by atoms with van der Waals surface area (Å²) in [7, 11) is 0. The molecule has 0 heterocycles. The Kier molecular flexibility index (Phi) is 5.88. The minimum Gasteiger partial charge on any atom is -0.306 e. The predicted molar refractivity (Wildman–Crippen MR) is 44.1 cm³/mol. The highest BCUT2D eigenvalue weighted by Crippen LogP contribution is 1.94. The summed E-state index contributed by atoms with van der Waals surface area (Å²) in [6.07, 6.45) is 3.86. The van der Waals surface area contributed by atoms with Gasteiger partial charge in [0.25, 0.3) is 0 Å². The molecule has 0 aromatic rings. The molecule has 0 amide bonds. The molecule has 0 aromatic carbocycles. The third-order valence-corrected chi connectivity index (χ3v) is 1.39. The predicted octanol–water partition coefficient (Wildman–Crippen LogP) is 1.28. The van der Waals surface area contributed by atoms with Gasteiger partial charge in [0.15, 0.2) is 0 Å². The maximum Gasteiger partial charge on any atom is 0.0789 e. The first kappa shape index (κ1) is 8.85. The molecule has 0 bridgehead atoms. The number of nitrogens with one attached hydrogen (secondary N) is 1. The summed E-state index contributed by atoms with van der Waals surface area (Å²) >= 11 is 1.77. The summed E-state index contributed by atoms with van der Waals surface area (Å²) in [5.74, 6) is 0.956. The van der Waals surface area contributed by atoms with Crippen LogP contribution >= 0.6 is 11.8 Å². The van der Waals surface area contributed by atoms with E-state index < -0.39 is 0 Å². The number of hydrogen-bond acceptors (Lipinski definition) is 3. The van der Waals surface area contributed by atoms with Gasteiger partial charge in [0, 0.05) is 12.7 Å². The monoisotopic (exact) mass is 146 g/mol. The number of hydrogen-bond donors (Lipinski definition) is 1. The molecule has 0 rings (SSSR count). The topological polar surface area (TPSA) is 15.3 Å². The van der Waals surface area contributed by atoms with E-state index in [9.17, 15) is 0 Å². The molecule has 0 aliphatic carbocycles. The van der Waals surface area contributed by atoms with Crippen LogP contribution in [0, 0.1) is 0 Å². The highest BCUT2D eigenvalue weighted by atomic mass is 32.2. The van der Waals surface area contributed by atoms with Crippen molar-refractivity contribution in [2.45, 2.75) is 6.92 Å². The molecule has 0 aliphatic rings. The molecule has 0 spiro atoms. The Morgan fingerprint density at radius 1 is 1.78 bits per heavy atom. The summed E-state index contributed by atoms with van der Waals surface area (Å²) in [5, 5.41) is 1.96. The van der Waals surface area contributed by atoms with Gasteiger partial charge in [-0.3, -0.25) is 0 Å². The Morgan fingerprint density at radius 3 is 2.78 bits per heavy atom. The van der Waals surface area contributed by atoms with Gasteiger partial charge in [0.05, 0.1) is 5.88 Å². The first-order valence-corrected chi connectivity index (χ1v) is 4.36. The summed E-state index contributed by atoms with van der Waals surface area (Å²) in [6.45, 7) is 6.67. The van der Waals surface area contributed by atoms with Crippen LogP contribution in [-0.4, -0.2) is 23.7 Å². The fourth-order valence-electron chi connectivity index (χ4n) is 0.505. The lowest BCUT2D eigenvalue weighted by Gasteiger charge is -2.17. The van der Waals surface area contributed by atoms with E-state index in [1.165, 1.54) is 0 Å². The van der Waals surface area contributed by atoms with E-state index in [0.717, 1.165) is 12.4 Å². The van der Waals surface area contributed by atoms with Crippen LogP contribution in [0.3, 0.4) is 0 Å². The number of rotatable bonds is 5. The third kappa shape index (κ3) is 4.36. The molecule has 0 radical (unpaired) electrons. The first-order valence-electron chi connectivity index (χ1n) is 2.96. The molecule has 2 nitrogen and oxygen atoms in total. The van der Waals surface area contributed by atoms with E-state index in [0.29, 0.717) is 0 Å². The second-order valence-corrected chi connectivity index (χ2v) is 2.42. The Hall–Kier alpha value is -0.150. The molecule has 54 valence electrons. The molecule has 0 fully saturated rings. The maximum atomic E-state index is 3.65. The number of nitrogens with zero attached hydrogens (tertiary/aromatic N) is 1. The van der Waals surface area contributed by atoms with Crippen LogP contribution in [0.25, 0.3) is 0 Å². The van der Waals surface area contributed by atoms with Crippen LogP contribution < -0.4 is 5.43 Å². The molecule has 0 aromatic heterocycles. The van der Waals surface area contributed by atoms with Crippen LogP contribution in [0.5, 0.6) is 0 Å². The van der Waals surface area contributed by atoms with Gasteiger partial charge in [0.1, 0.15) is 0 Å². The third-order valence-electron chi connectivity index (χ3n) is 0.850. The molecule has 9 heavy (non-hydrogen) atoms. The minimum absolute atomic E-state index is 0.951. The molecule has 0 unspecified atom stereocenters. The average Bonchev–Trinajstić information content (AvgIpc) is 1.88. The van der Waals surface area contributed by atoms with Gasteiger partial charge in [-0.2, -0.15) is 0 Å². The Bertz CT molecular complexity index is 69.5. The summed E-state index contributed by atoms with van der Waals surface area (Å²) < 4.78 is 0. The maximum absolute atomic E-state index is 3.65. The van der Waals surface area contributed by atoms with Gasteiger partial charge < -0.3 is 5.01 Å². The van der Waals surface area contributed by atoms with E-state index >= 15 is 0 Å². The molecule has 0 aliphatic heterocycles. The summed E-state index contributed by atoms with van der Waals surface area (Å²) in [4.78, 5) is 0. The quantitative estimate of drug-likeness (QED) is 0.464. The normalized spacial score (nSPS) is 9.11. The highest BCUT2D eigenvalue weighted by molar-refractivity contribution is 7.98. The smallest absolute Gasteiger partial charge is 0.0789 e. The van der Waals surface area contributed by atoms with Gasteiger partial charge in [0.2, 0.25) is 0 Å². The van der Waals surface area contributed by atoms with Crippen LogP contribution in [0.4, 0.5) is 0 Å². The lowest BCUT2D eigenvalue weighted by Crippen LogP contribution is -2.32. The fraction of sp³-hybridized carbons (Fsp3) is 0.667. The molecular weight excluding hydrogens is 132 g/mol. The van der Waals surface area contributed by atoms with Crippen molar-refractivity contribution in [3.8, 4) is 0 Å². The van der Waals surface area contributed by atoms with Crippen molar-refractivity contribution in [3.05, 3.63) is 12.8 Å². The zero-order valence-corrected chi connectivity index (χ0v) is 6.87. The van der Waals surface area contributed by atoms with E-state index in [1.54, 1.807) is 18.0 Å². The largest absolute Gasteiger partial charge is 0.306 e. The van der Waals surface area contributed by atoms with E-state index in [-0.39, 0.29) is 0 Å². The van der Waals surface area contributed by atoms with Gasteiger partial charge >= 0.3 is 0 Å².